The fourth-order valence-electron chi connectivity index (χ4n) is 3.42. The molecule has 0 saturated heterocycles. The smallest absolute Gasteiger partial charge is 0.330 e. The van der Waals surface area contributed by atoms with Crippen LogP contribution in [-0.2, 0) is 14.3 Å². The van der Waals surface area contributed by atoms with E-state index in [1.54, 1.807) is 38.1 Å². The first kappa shape index (κ1) is 22.2. The van der Waals surface area contributed by atoms with E-state index in [1.807, 2.05) is 13.8 Å². The van der Waals surface area contributed by atoms with Crippen LogP contribution in [0.1, 0.15) is 60.1 Å². The van der Waals surface area contributed by atoms with Crippen molar-refractivity contribution in [1.29, 1.82) is 0 Å². The number of hydrogen-bond acceptors (Lipinski definition) is 7. The molecule has 1 aliphatic heterocycles. The maximum absolute atomic E-state index is 13.1. The Bertz CT molecular complexity index is 977. The molecule has 2 aromatic rings. The average molecular weight is 427 g/mol. The van der Waals surface area contributed by atoms with Crippen LogP contribution in [0.4, 0.5) is 5.82 Å². The minimum atomic E-state index is -1.14. The van der Waals surface area contributed by atoms with Gasteiger partial charge in [-0.05, 0) is 37.8 Å². The van der Waals surface area contributed by atoms with Crippen molar-refractivity contribution in [2.45, 2.75) is 52.7 Å². The van der Waals surface area contributed by atoms with E-state index in [-0.39, 0.29) is 35.7 Å². The molecule has 1 aliphatic rings. The number of carbonyl (C=O) groups is 4. The van der Waals surface area contributed by atoms with Gasteiger partial charge in [-0.15, -0.1) is 0 Å². The average Bonchev–Trinajstić information content (AvgIpc) is 3.25. The molecular formula is C22H25N3O6. The number of esters is 1. The third-order valence-electron chi connectivity index (χ3n) is 4.90. The molecule has 0 aliphatic carbocycles. The number of carbonyl (C=O) groups excluding carboxylic acids is 4. The van der Waals surface area contributed by atoms with Crippen LogP contribution < -0.4 is 5.32 Å². The predicted octanol–water partition coefficient (Wildman–Crippen LogP) is 2.95. The Morgan fingerprint density at radius 2 is 1.77 bits per heavy atom. The Morgan fingerprint density at radius 3 is 2.26 bits per heavy atom. The van der Waals surface area contributed by atoms with Crippen molar-refractivity contribution in [3.05, 3.63) is 47.2 Å². The van der Waals surface area contributed by atoms with Gasteiger partial charge >= 0.3 is 5.97 Å². The number of nitrogens with one attached hydrogen (secondary N) is 1. The van der Waals surface area contributed by atoms with Gasteiger partial charge in [0.1, 0.15) is 11.8 Å². The summed E-state index contributed by atoms with van der Waals surface area (Å²) < 4.78 is 10.4. The van der Waals surface area contributed by atoms with Crippen molar-refractivity contribution >= 4 is 29.5 Å². The molecule has 1 aromatic carbocycles. The van der Waals surface area contributed by atoms with Crippen LogP contribution in [0.5, 0.6) is 0 Å². The van der Waals surface area contributed by atoms with Crippen molar-refractivity contribution in [3.63, 3.8) is 0 Å². The second kappa shape index (κ2) is 9.11. The van der Waals surface area contributed by atoms with E-state index >= 15 is 0 Å². The number of ether oxygens (including phenoxy) is 1. The summed E-state index contributed by atoms with van der Waals surface area (Å²) in [5, 5.41) is 6.22. The summed E-state index contributed by atoms with van der Waals surface area (Å²) >= 11 is 0. The molecule has 0 spiro atoms. The quantitative estimate of drug-likeness (QED) is 0.508. The maximum atomic E-state index is 13.1. The monoisotopic (exact) mass is 427 g/mol. The normalized spacial score (nSPS) is 15.1. The van der Waals surface area contributed by atoms with Crippen molar-refractivity contribution in [1.82, 2.24) is 10.1 Å². The molecule has 0 bridgehead atoms. The number of anilines is 1. The number of amides is 3. The molecule has 1 aromatic heterocycles. The first-order chi connectivity index (χ1) is 14.7. The highest BCUT2D eigenvalue weighted by molar-refractivity contribution is 6.22. The molecule has 0 saturated carbocycles. The molecule has 2 unspecified atom stereocenters. The van der Waals surface area contributed by atoms with E-state index in [0.29, 0.717) is 5.76 Å². The first-order valence-corrected chi connectivity index (χ1v) is 10.1. The van der Waals surface area contributed by atoms with Crippen LogP contribution in [0.25, 0.3) is 0 Å². The molecule has 1 N–H and O–H groups in total. The van der Waals surface area contributed by atoms with Gasteiger partial charge in [-0.2, -0.15) is 0 Å². The summed E-state index contributed by atoms with van der Waals surface area (Å²) in [6, 6.07) is 6.82. The third-order valence-corrected chi connectivity index (χ3v) is 4.90. The van der Waals surface area contributed by atoms with E-state index < -0.39 is 35.8 Å². The number of hydrogen-bond donors (Lipinski definition) is 1. The van der Waals surface area contributed by atoms with E-state index in [4.69, 9.17) is 9.26 Å². The lowest BCUT2D eigenvalue weighted by atomic mass is 10.0. The van der Waals surface area contributed by atoms with Gasteiger partial charge in [0, 0.05) is 6.07 Å². The van der Waals surface area contributed by atoms with E-state index in [1.165, 1.54) is 6.07 Å². The van der Waals surface area contributed by atoms with Gasteiger partial charge in [-0.3, -0.25) is 19.3 Å². The summed E-state index contributed by atoms with van der Waals surface area (Å²) in [6.07, 6.45) is -0.704. The molecule has 3 amide bonds. The Balaban J connectivity index is 1.79. The van der Waals surface area contributed by atoms with Crippen molar-refractivity contribution < 1.29 is 28.4 Å². The molecule has 0 radical (unpaired) electrons. The Hall–Kier alpha value is -3.49. The van der Waals surface area contributed by atoms with Crippen LogP contribution >= 0.6 is 0 Å². The predicted molar refractivity (Wildman–Crippen MR) is 110 cm³/mol. The number of benzene rings is 1. The SMILES string of the molecule is CCC(OC(=O)C(CC(C)C)N1C(=O)c2ccccc2C1=O)C(=O)Nc1cc(C)on1. The van der Waals surface area contributed by atoms with Gasteiger partial charge in [0.15, 0.2) is 11.9 Å². The van der Waals surface area contributed by atoms with E-state index in [9.17, 15) is 19.2 Å². The Labute approximate surface area is 179 Å². The molecule has 3 rings (SSSR count). The molecule has 9 nitrogen and oxygen atoms in total. The second-order valence-electron chi connectivity index (χ2n) is 7.82. The zero-order chi connectivity index (χ0) is 22.7. The number of imide groups is 1. The summed E-state index contributed by atoms with van der Waals surface area (Å²) in [4.78, 5) is 52.3. The van der Waals surface area contributed by atoms with Gasteiger partial charge in [0.05, 0.1) is 11.1 Å². The molecule has 31 heavy (non-hydrogen) atoms. The van der Waals surface area contributed by atoms with Crippen molar-refractivity contribution in [2.75, 3.05) is 5.32 Å². The standard InChI is InChI=1S/C22H25N3O6/c1-5-17(19(26)23-18-11-13(4)31-24-18)30-22(29)16(10-12(2)3)25-20(27)14-8-6-7-9-15(14)21(25)28/h6-9,11-12,16-17H,5,10H2,1-4H3,(H,23,24,26). The minimum Gasteiger partial charge on any atom is -0.451 e. The highest BCUT2D eigenvalue weighted by Gasteiger charge is 2.44. The molecular weight excluding hydrogens is 402 g/mol. The summed E-state index contributed by atoms with van der Waals surface area (Å²) in [6.45, 7) is 7.11. The zero-order valence-electron chi connectivity index (χ0n) is 17.9. The van der Waals surface area contributed by atoms with Crippen molar-refractivity contribution in [2.24, 2.45) is 5.92 Å². The Kier molecular flexibility index (Phi) is 6.53. The fourth-order valence-corrected chi connectivity index (χ4v) is 3.42. The van der Waals surface area contributed by atoms with Gasteiger partial charge in [0.2, 0.25) is 0 Å². The highest BCUT2D eigenvalue weighted by Crippen LogP contribution is 2.28. The van der Waals surface area contributed by atoms with Crippen LogP contribution in [0.2, 0.25) is 0 Å². The van der Waals surface area contributed by atoms with E-state index in [0.717, 1.165) is 4.90 Å². The van der Waals surface area contributed by atoms with Crippen molar-refractivity contribution in [3.8, 4) is 0 Å². The molecule has 164 valence electrons. The largest absolute Gasteiger partial charge is 0.451 e. The Morgan fingerprint density at radius 1 is 1.16 bits per heavy atom. The maximum Gasteiger partial charge on any atom is 0.330 e. The molecule has 2 atom stereocenters. The number of nitrogens with zero attached hydrogens (tertiary/aromatic N) is 2. The van der Waals surface area contributed by atoms with Gasteiger partial charge in [0.25, 0.3) is 17.7 Å². The van der Waals surface area contributed by atoms with E-state index in [2.05, 4.69) is 10.5 Å². The molecule has 0 fully saturated rings. The number of aryl methyl sites for hydroxylation is 1. The number of fused-ring (bicyclic) bond motifs is 1. The number of rotatable bonds is 8. The van der Waals surface area contributed by atoms with Crippen LogP contribution in [0, 0.1) is 12.8 Å². The van der Waals surface area contributed by atoms with Crippen LogP contribution in [-0.4, -0.2) is 45.9 Å². The van der Waals surface area contributed by atoms with Gasteiger partial charge < -0.3 is 14.6 Å². The topological polar surface area (TPSA) is 119 Å². The van der Waals surface area contributed by atoms with Crippen LogP contribution in [0.3, 0.4) is 0 Å². The second-order valence-corrected chi connectivity index (χ2v) is 7.82. The first-order valence-electron chi connectivity index (χ1n) is 10.1. The molecule has 2 heterocycles. The lowest BCUT2D eigenvalue weighted by molar-refractivity contribution is -0.158. The zero-order valence-corrected chi connectivity index (χ0v) is 17.9. The lowest BCUT2D eigenvalue weighted by Gasteiger charge is -2.27. The van der Waals surface area contributed by atoms with Crippen LogP contribution in [0.15, 0.2) is 34.9 Å². The minimum absolute atomic E-state index is 0.00568. The van der Waals surface area contributed by atoms with Gasteiger partial charge in [-0.1, -0.05) is 38.1 Å². The van der Waals surface area contributed by atoms with Gasteiger partial charge in [-0.25, -0.2) is 4.79 Å². The molecule has 9 heteroatoms. The lowest BCUT2D eigenvalue weighted by Crippen LogP contribution is -2.48. The third kappa shape index (κ3) is 4.65. The highest BCUT2D eigenvalue weighted by atomic mass is 16.5. The fraction of sp³-hybridized carbons (Fsp3) is 0.409. The summed E-state index contributed by atoms with van der Waals surface area (Å²) in [5.41, 5.74) is 0.500. The number of aromatic nitrogens is 1. The summed E-state index contributed by atoms with van der Waals surface area (Å²) in [7, 11) is 0. The summed E-state index contributed by atoms with van der Waals surface area (Å²) in [5.74, 6) is -1.75.